The Labute approximate surface area is 129 Å². The van der Waals surface area contributed by atoms with E-state index in [2.05, 4.69) is 38.4 Å². The van der Waals surface area contributed by atoms with Gasteiger partial charge in [0, 0.05) is 10.2 Å². The second-order valence-corrected chi connectivity index (χ2v) is 6.35. The van der Waals surface area contributed by atoms with Crippen LogP contribution in [0.2, 0.25) is 0 Å². The van der Waals surface area contributed by atoms with Crippen LogP contribution in [0.3, 0.4) is 0 Å². The van der Waals surface area contributed by atoms with Gasteiger partial charge in [0.1, 0.15) is 5.82 Å². The molecule has 0 saturated carbocycles. The topological polar surface area (TPSA) is 24.4 Å². The summed E-state index contributed by atoms with van der Waals surface area (Å²) in [4.78, 5) is 4.61. The molecule has 2 aromatic carbocycles. The van der Waals surface area contributed by atoms with Gasteiger partial charge in [-0.2, -0.15) is 0 Å². The zero-order valence-corrected chi connectivity index (χ0v) is 12.9. The van der Waals surface area contributed by atoms with E-state index in [-0.39, 0.29) is 11.9 Å². The lowest BCUT2D eigenvalue weighted by Crippen LogP contribution is -2.06. The lowest BCUT2D eigenvalue weighted by atomic mass is 10.1. The van der Waals surface area contributed by atoms with Crippen LogP contribution in [0.25, 0.3) is 0 Å². The van der Waals surface area contributed by atoms with E-state index in [1.165, 1.54) is 11.6 Å². The zero-order chi connectivity index (χ0) is 13.9. The summed E-state index contributed by atoms with van der Waals surface area (Å²) in [5.74, 6) is 0.599. The van der Waals surface area contributed by atoms with Crippen molar-refractivity contribution >= 4 is 38.5 Å². The quantitative estimate of drug-likeness (QED) is 0.837. The van der Waals surface area contributed by atoms with Crippen molar-refractivity contribution in [3.05, 3.63) is 64.4 Å². The molecule has 0 aromatic heterocycles. The Hall–Kier alpha value is -1.33. The number of hydrogen-bond donors (Lipinski definition) is 1. The van der Waals surface area contributed by atoms with Gasteiger partial charge in [0.15, 0.2) is 5.17 Å². The molecule has 1 N–H and O–H groups in total. The molecule has 20 heavy (non-hydrogen) atoms. The molecule has 0 spiro atoms. The molecule has 0 amide bonds. The third-order valence-corrected chi connectivity index (χ3v) is 4.46. The van der Waals surface area contributed by atoms with Crippen molar-refractivity contribution in [3.63, 3.8) is 0 Å². The molecule has 0 radical (unpaired) electrons. The summed E-state index contributed by atoms with van der Waals surface area (Å²) < 4.78 is 14.5. The van der Waals surface area contributed by atoms with E-state index in [9.17, 15) is 4.39 Å². The molecule has 0 bridgehead atoms. The summed E-state index contributed by atoms with van der Waals surface area (Å²) in [6.45, 7) is 0. The summed E-state index contributed by atoms with van der Waals surface area (Å²) in [6, 6.07) is 15.1. The maximum atomic E-state index is 13.7. The summed E-state index contributed by atoms with van der Waals surface area (Å²) in [5.41, 5.74) is 1.63. The van der Waals surface area contributed by atoms with Crippen LogP contribution in [-0.2, 0) is 0 Å². The number of aliphatic imine (C=N–C) groups is 1. The molecule has 3 rings (SSSR count). The first kappa shape index (κ1) is 13.6. The first-order valence-electron chi connectivity index (χ1n) is 6.20. The molecular formula is C15H12BrFN2S. The molecule has 1 aliphatic rings. The third kappa shape index (κ3) is 3.04. The molecule has 2 aromatic rings. The fourth-order valence-electron chi connectivity index (χ4n) is 2.00. The van der Waals surface area contributed by atoms with E-state index in [0.717, 1.165) is 15.4 Å². The van der Waals surface area contributed by atoms with Crippen molar-refractivity contribution in [2.75, 3.05) is 11.1 Å². The second-order valence-electron chi connectivity index (χ2n) is 4.42. The Kier molecular flexibility index (Phi) is 4.08. The summed E-state index contributed by atoms with van der Waals surface area (Å²) in [7, 11) is 0. The van der Waals surface area contributed by atoms with Crippen LogP contribution < -0.4 is 5.32 Å². The number of hydrogen-bond acceptors (Lipinski definition) is 3. The number of nitrogens with zero attached hydrogens (tertiary/aromatic N) is 1. The van der Waals surface area contributed by atoms with Crippen molar-refractivity contribution in [1.82, 2.24) is 0 Å². The average Bonchev–Trinajstić information content (AvgIpc) is 2.92. The number of thioether (sulfide) groups is 1. The van der Waals surface area contributed by atoms with Crippen molar-refractivity contribution < 1.29 is 4.39 Å². The minimum Gasteiger partial charge on any atom is -0.333 e. The summed E-state index contributed by atoms with van der Waals surface area (Å²) in [6.07, 6.45) is 0. The van der Waals surface area contributed by atoms with Gasteiger partial charge in [0.25, 0.3) is 0 Å². The minimum absolute atomic E-state index is 0.138. The first-order valence-corrected chi connectivity index (χ1v) is 7.98. The second kappa shape index (κ2) is 5.97. The van der Waals surface area contributed by atoms with E-state index in [1.54, 1.807) is 23.9 Å². The molecule has 1 unspecified atom stereocenters. The van der Waals surface area contributed by atoms with Gasteiger partial charge >= 0.3 is 0 Å². The van der Waals surface area contributed by atoms with E-state index >= 15 is 0 Å². The number of halogens is 2. The van der Waals surface area contributed by atoms with E-state index in [4.69, 9.17) is 0 Å². The lowest BCUT2D eigenvalue weighted by molar-refractivity contribution is 0.632. The highest BCUT2D eigenvalue weighted by Crippen LogP contribution is 2.31. The third-order valence-electron chi connectivity index (χ3n) is 3.01. The van der Waals surface area contributed by atoms with Crippen molar-refractivity contribution in [3.8, 4) is 0 Å². The SMILES string of the molecule is Fc1ccc(Br)cc1NC1=NC(c2ccccc2)CS1. The van der Waals surface area contributed by atoms with Gasteiger partial charge in [-0.3, -0.25) is 4.99 Å². The lowest BCUT2D eigenvalue weighted by Gasteiger charge is -2.06. The standard InChI is InChI=1S/C15H12BrFN2S/c16-11-6-7-12(17)13(8-11)18-15-19-14(9-20-15)10-4-2-1-3-5-10/h1-8,14H,9H2,(H,18,19). The highest BCUT2D eigenvalue weighted by Gasteiger charge is 2.20. The smallest absolute Gasteiger partial charge is 0.161 e. The monoisotopic (exact) mass is 350 g/mol. The molecule has 102 valence electrons. The number of amidine groups is 1. The van der Waals surface area contributed by atoms with Crippen molar-refractivity contribution in [1.29, 1.82) is 0 Å². The van der Waals surface area contributed by atoms with Gasteiger partial charge in [-0.15, -0.1) is 0 Å². The maximum Gasteiger partial charge on any atom is 0.161 e. The predicted octanol–water partition coefficient (Wildman–Crippen LogP) is 4.84. The van der Waals surface area contributed by atoms with E-state index < -0.39 is 0 Å². The van der Waals surface area contributed by atoms with Crippen LogP contribution >= 0.6 is 27.7 Å². The van der Waals surface area contributed by atoms with Crippen LogP contribution in [0, 0.1) is 5.82 Å². The normalized spacial score (nSPS) is 17.9. The Bertz CT molecular complexity index is 646. The van der Waals surface area contributed by atoms with Gasteiger partial charge in [-0.1, -0.05) is 58.0 Å². The summed E-state index contributed by atoms with van der Waals surface area (Å²) >= 11 is 4.95. The number of nitrogens with one attached hydrogen (secondary N) is 1. The fraction of sp³-hybridized carbons (Fsp3) is 0.133. The zero-order valence-electron chi connectivity index (χ0n) is 10.5. The van der Waals surface area contributed by atoms with Gasteiger partial charge in [-0.05, 0) is 23.8 Å². The largest absolute Gasteiger partial charge is 0.333 e. The van der Waals surface area contributed by atoms with Crippen molar-refractivity contribution in [2.45, 2.75) is 6.04 Å². The Balaban J connectivity index is 1.77. The fourth-order valence-corrected chi connectivity index (χ4v) is 3.32. The average molecular weight is 351 g/mol. The highest BCUT2D eigenvalue weighted by atomic mass is 79.9. The van der Waals surface area contributed by atoms with Crippen LogP contribution in [0.5, 0.6) is 0 Å². The Morgan fingerprint density at radius 1 is 1.20 bits per heavy atom. The van der Waals surface area contributed by atoms with Gasteiger partial charge < -0.3 is 5.32 Å². The first-order chi connectivity index (χ1) is 9.72. The molecule has 2 nitrogen and oxygen atoms in total. The van der Waals surface area contributed by atoms with E-state index in [1.807, 2.05) is 18.2 Å². The molecule has 1 aliphatic heterocycles. The predicted molar refractivity (Wildman–Crippen MR) is 86.8 cm³/mol. The van der Waals surface area contributed by atoms with Gasteiger partial charge in [-0.25, -0.2) is 4.39 Å². The number of benzene rings is 2. The molecule has 0 saturated heterocycles. The van der Waals surface area contributed by atoms with Crippen LogP contribution in [0.1, 0.15) is 11.6 Å². The van der Waals surface area contributed by atoms with Crippen LogP contribution in [0.15, 0.2) is 58.0 Å². The van der Waals surface area contributed by atoms with Crippen molar-refractivity contribution in [2.24, 2.45) is 4.99 Å². The highest BCUT2D eigenvalue weighted by molar-refractivity contribution is 9.10. The Morgan fingerprint density at radius 3 is 2.80 bits per heavy atom. The van der Waals surface area contributed by atoms with Gasteiger partial charge in [0.2, 0.25) is 0 Å². The number of rotatable bonds is 2. The van der Waals surface area contributed by atoms with Crippen LogP contribution in [-0.4, -0.2) is 10.9 Å². The van der Waals surface area contributed by atoms with Crippen LogP contribution in [0.4, 0.5) is 10.1 Å². The van der Waals surface area contributed by atoms with E-state index in [0.29, 0.717) is 5.69 Å². The molecule has 0 aliphatic carbocycles. The molecule has 1 heterocycles. The molecule has 1 atom stereocenters. The molecular weight excluding hydrogens is 339 g/mol. The molecule has 5 heteroatoms. The maximum absolute atomic E-state index is 13.7. The summed E-state index contributed by atoms with van der Waals surface area (Å²) in [5, 5.41) is 3.82. The number of anilines is 1. The Morgan fingerprint density at radius 2 is 2.00 bits per heavy atom. The molecule has 0 fully saturated rings. The minimum atomic E-state index is -0.278. The van der Waals surface area contributed by atoms with Gasteiger partial charge in [0.05, 0.1) is 11.7 Å².